The van der Waals surface area contributed by atoms with E-state index in [-0.39, 0.29) is 17.9 Å². The van der Waals surface area contributed by atoms with Gasteiger partial charge < -0.3 is 10.0 Å². The molecule has 2 aromatic carbocycles. The molecule has 4 rings (SSSR count). The van der Waals surface area contributed by atoms with Gasteiger partial charge in [-0.1, -0.05) is 66.7 Å². The van der Waals surface area contributed by atoms with Gasteiger partial charge in [-0.3, -0.25) is 9.78 Å². The summed E-state index contributed by atoms with van der Waals surface area (Å²) in [6.07, 6.45) is 2.08. The second-order valence-corrected chi connectivity index (χ2v) is 7.36. The van der Waals surface area contributed by atoms with E-state index in [1.54, 1.807) is 17.2 Å². The maximum atomic E-state index is 12.7. The molecule has 1 aliphatic rings. The van der Waals surface area contributed by atoms with Crippen LogP contribution < -0.4 is 0 Å². The first-order valence-corrected chi connectivity index (χ1v) is 9.67. The van der Waals surface area contributed by atoms with E-state index in [1.165, 1.54) is 11.1 Å². The Morgan fingerprint density at radius 2 is 1.54 bits per heavy atom. The van der Waals surface area contributed by atoms with E-state index in [9.17, 15) is 9.90 Å². The first-order chi connectivity index (χ1) is 13.7. The molecule has 0 radical (unpaired) electrons. The fraction of sp³-hybridized carbons (Fsp3) is 0.250. The van der Waals surface area contributed by atoms with Crippen LogP contribution in [-0.4, -0.2) is 34.0 Å². The molecule has 1 aliphatic heterocycles. The number of aromatic nitrogens is 1. The van der Waals surface area contributed by atoms with Crippen molar-refractivity contribution >= 4 is 5.91 Å². The van der Waals surface area contributed by atoms with Gasteiger partial charge in [0.05, 0.1) is 12.2 Å². The van der Waals surface area contributed by atoms with Crippen LogP contribution in [0.15, 0.2) is 85.1 Å². The zero-order chi connectivity index (χ0) is 19.4. The zero-order valence-electron chi connectivity index (χ0n) is 15.7. The first kappa shape index (κ1) is 18.4. The Morgan fingerprint density at radius 1 is 0.929 bits per heavy atom. The van der Waals surface area contributed by atoms with Crippen LogP contribution in [0, 0.1) is 0 Å². The summed E-state index contributed by atoms with van der Waals surface area (Å²) in [6, 6.07) is 26.2. The monoisotopic (exact) mass is 372 g/mol. The Labute approximate surface area is 165 Å². The van der Waals surface area contributed by atoms with E-state index in [2.05, 4.69) is 29.2 Å². The average molecular weight is 372 g/mol. The number of benzene rings is 2. The molecule has 4 heteroatoms. The summed E-state index contributed by atoms with van der Waals surface area (Å²) in [7, 11) is 0. The van der Waals surface area contributed by atoms with Gasteiger partial charge in [-0.25, -0.2) is 0 Å². The number of aliphatic hydroxyl groups is 1. The van der Waals surface area contributed by atoms with Gasteiger partial charge in [0, 0.05) is 24.6 Å². The third-order valence-electron chi connectivity index (χ3n) is 5.65. The molecular formula is C24H24N2O2. The molecule has 0 saturated carbocycles. The van der Waals surface area contributed by atoms with Gasteiger partial charge in [0.15, 0.2) is 0 Å². The van der Waals surface area contributed by atoms with Crippen LogP contribution in [0.4, 0.5) is 0 Å². The summed E-state index contributed by atoms with van der Waals surface area (Å²) >= 11 is 0. The fourth-order valence-corrected chi connectivity index (χ4v) is 4.17. The number of likely N-dealkylation sites (tertiary alicyclic amines) is 1. The van der Waals surface area contributed by atoms with Crippen molar-refractivity contribution in [3.63, 3.8) is 0 Å². The van der Waals surface area contributed by atoms with Gasteiger partial charge in [-0.15, -0.1) is 0 Å². The van der Waals surface area contributed by atoms with E-state index in [0.29, 0.717) is 18.7 Å². The maximum absolute atomic E-state index is 12.7. The highest BCUT2D eigenvalue weighted by Crippen LogP contribution is 2.41. The summed E-state index contributed by atoms with van der Waals surface area (Å²) in [4.78, 5) is 18.7. The van der Waals surface area contributed by atoms with Crippen molar-refractivity contribution < 1.29 is 9.90 Å². The third kappa shape index (κ3) is 3.56. The van der Waals surface area contributed by atoms with E-state index < -0.39 is 6.10 Å². The van der Waals surface area contributed by atoms with Crippen LogP contribution in [0.25, 0.3) is 0 Å². The van der Waals surface area contributed by atoms with Crippen LogP contribution >= 0.6 is 0 Å². The van der Waals surface area contributed by atoms with Crippen LogP contribution in [0.5, 0.6) is 0 Å². The second kappa shape index (κ2) is 7.95. The summed E-state index contributed by atoms with van der Waals surface area (Å²) < 4.78 is 0. The highest BCUT2D eigenvalue weighted by molar-refractivity contribution is 5.78. The van der Waals surface area contributed by atoms with Crippen molar-refractivity contribution in [3.8, 4) is 0 Å². The van der Waals surface area contributed by atoms with Crippen molar-refractivity contribution in [2.45, 2.75) is 24.4 Å². The molecule has 4 nitrogen and oxygen atoms in total. The van der Waals surface area contributed by atoms with Crippen LogP contribution in [0.1, 0.15) is 35.8 Å². The van der Waals surface area contributed by atoms with Gasteiger partial charge in [-0.05, 0) is 29.7 Å². The lowest BCUT2D eigenvalue weighted by Gasteiger charge is -2.44. The molecule has 0 aliphatic carbocycles. The quantitative estimate of drug-likeness (QED) is 0.743. The Bertz CT molecular complexity index is 874. The summed E-state index contributed by atoms with van der Waals surface area (Å²) in [5, 5.41) is 10.6. The molecule has 1 aromatic heterocycles. The topological polar surface area (TPSA) is 53.4 Å². The molecule has 142 valence electrons. The van der Waals surface area contributed by atoms with E-state index in [0.717, 1.165) is 6.42 Å². The minimum atomic E-state index is -0.799. The number of nitrogens with zero attached hydrogens (tertiary/aromatic N) is 2. The Hall–Kier alpha value is -2.98. The van der Waals surface area contributed by atoms with Crippen molar-refractivity contribution in [3.05, 3.63) is 102 Å². The van der Waals surface area contributed by atoms with Gasteiger partial charge in [0.25, 0.3) is 0 Å². The van der Waals surface area contributed by atoms with E-state index in [4.69, 9.17) is 0 Å². The molecule has 1 saturated heterocycles. The SMILES string of the molecule is O=C1CCC(c2ccccc2)(c2ccccc2)CN1C[C@H](O)c1ccccn1. The fourth-order valence-electron chi connectivity index (χ4n) is 4.17. The highest BCUT2D eigenvalue weighted by atomic mass is 16.3. The molecule has 28 heavy (non-hydrogen) atoms. The minimum absolute atomic E-state index is 0.0810. The predicted octanol–water partition coefficient (Wildman–Crippen LogP) is 3.72. The molecule has 1 atom stereocenters. The number of pyridine rings is 1. The van der Waals surface area contributed by atoms with Crippen molar-refractivity contribution in [1.82, 2.24) is 9.88 Å². The number of hydrogen-bond donors (Lipinski definition) is 1. The van der Waals surface area contributed by atoms with Crippen molar-refractivity contribution in [2.24, 2.45) is 0 Å². The van der Waals surface area contributed by atoms with E-state index in [1.807, 2.05) is 48.5 Å². The number of rotatable bonds is 5. The third-order valence-corrected chi connectivity index (χ3v) is 5.65. The molecule has 0 unspecified atom stereocenters. The largest absolute Gasteiger partial charge is 0.385 e. The molecule has 1 amide bonds. The van der Waals surface area contributed by atoms with Crippen LogP contribution in [0.3, 0.4) is 0 Å². The molecule has 0 bridgehead atoms. The molecule has 0 spiro atoms. The summed E-state index contributed by atoms with van der Waals surface area (Å²) in [5.74, 6) is 0.0810. The number of amides is 1. The molecule has 3 aromatic rings. The number of hydrogen-bond acceptors (Lipinski definition) is 3. The zero-order valence-corrected chi connectivity index (χ0v) is 15.7. The smallest absolute Gasteiger partial charge is 0.222 e. The molecule has 2 heterocycles. The highest BCUT2D eigenvalue weighted by Gasteiger charge is 2.41. The Morgan fingerprint density at radius 3 is 2.11 bits per heavy atom. The average Bonchev–Trinajstić information content (AvgIpc) is 2.77. The van der Waals surface area contributed by atoms with Crippen LogP contribution in [-0.2, 0) is 10.2 Å². The minimum Gasteiger partial charge on any atom is -0.385 e. The number of piperidine rings is 1. The van der Waals surface area contributed by atoms with Crippen molar-refractivity contribution in [2.75, 3.05) is 13.1 Å². The molecule has 1 fully saturated rings. The normalized spacial score (nSPS) is 17.3. The number of carbonyl (C=O) groups is 1. The lowest BCUT2D eigenvalue weighted by molar-refractivity contribution is -0.136. The standard InChI is InChI=1S/C24H24N2O2/c27-22(21-13-7-8-16-25-21)17-26-18-24(15-14-23(26)28,19-9-3-1-4-10-19)20-11-5-2-6-12-20/h1-13,16,22,27H,14-15,17-18H2/t22-/m0/s1. The van der Waals surface area contributed by atoms with Gasteiger partial charge in [0.2, 0.25) is 5.91 Å². The van der Waals surface area contributed by atoms with Gasteiger partial charge >= 0.3 is 0 Å². The predicted molar refractivity (Wildman–Crippen MR) is 109 cm³/mol. The van der Waals surface area contributed by atoms with Gasteiger partial charge in [0.1, 0.15) is 6.10 Å². The first-order valence-electron chi connectivity index (χ1n) is 9.67. The van der Waals surface area contributed by atoms with Gasteiger partial charge in [-0.2, -0.15) is 0 Å². The number of β-amino-alcohol motifs (C(OH)–C–C–N with tert-alkyl or cyclic N) is 1. The second-order valence-electron chi connectivity index (χ2n) is 7.36. The maximum Gasteiger partial charge on any atom is 0.222 e. The number of carbonyl (C=O) groups excluding carboxylic acids is 1. The Kier molecular flexibility index (Phi) is 5.22. The van der Waals surface area contributed by atoms with Crippen LogP contribution in [0.2, 0.25) is 0 Å². The lowest BCUT2D eigenvalue weighted by atomic mass is 9.69. The summed E-state index contributed by atoms with van der Waals surface area (Å²) in [6.45, 7) is 0.793. The number of aliphatic hydroxyl groups excluding tert-OH is 1. The van der Waals surface area contributed by atoms with E-state index >= 15 is 0 Å². The Balaban J connectivity index is 1.67. The molecule has 1 N–H and O–H groups in total. The summed E-state index contributed by atoms with van der Waals surface area (Å²) in [5.41, 5.74) is 2.71. The molecular weight excluding hydrogens is 348 g/mol. The van der Waals surface area contributed by atoms with Crippen molar-refractivity contribution in [1.29, 1.82) is 0 Å². The lowest BCUT2D eigenvalue weighted by Crippen LogP contribution is -2.50.